The molecular formula is C25H20Cl2FN3O3. The lowest BCUT2D eigenvalue weighted by Gasteiger charge is -2.16. The second kappa shape index (κ2) is 10.7. The number of halogens is 3. The van der Waals surface area contributed by atoms with E-state index in [0.29, 0.717) is 27.0 Å². The number of anilines is 1. The summed E-state index contributed by atoms with van der Waals surface area (Å²) in [5, 5.41) is 5.06. The van der Waals surface area contributed by atoms with Crippen molar-refractivity contribution in [2.75, 3.05) is 11.4 Å². The van der Waals surface area contributed by atoms with Gasteiger partial charge >= 0.3 is 0 Å². The molecular weight excluding hydrogens is 480 g/mol. The van der Waals surface area contributed by atoms with Crippen molar-refractivity contribution < 1.29 is 18.7 Å². The minimum atomic E-state index is -0.540. The van der Waals surface area contributed by atoms with E-state index in [4.69, 9.17) is 27.9 Å². The van der Waals surface area contributed by atoms with Crippen LogP contribution in [0.1, 0.15) is 17.5 Å². The van der Waals surface area contributed by atoms with Gasteiger partial charge < -0.3 is 9.64 Å². The summed E-state index contributed by atoms with van der Waals surface area (Å²) in [5.41, 5.74) is 4.50. The maximum atomic E-state index is 13.1. The van der Waals surface area contributed by atoms with E-state index in [2.05, 4.69) is 10.5 Å². The van der Waals surface area contributed by atoms with E-state index in [-0.39, 0.29) is 37.2 Å². The predicted molar refractivity (Wildman–Crippen MR) is 130 cm³/mol. The molecule has 1 N–H and O–H groups in total. The average molecular weight is 500 g/mol. The number of hydrogen-bond acceptors (Lipinski definition) is 4. The van der Waals surface area contributed by atoms with Crippen LogP contribution in [0.4, 0.5) is 10.1 Å². The van der Waals surface area contributed by atoms with Crippen LogP contribution in [0.15, 0.2) is 71.8 Å². The van der Waals surface area contributed by atoms with Gasteiger partial charge in [0.05, 0.1) is 12.1 Å². The van der Waals surface area contributed by atoms with E-state index < -0.39 is 5.92 Å². The molecule has 1 aliphatic heterocycles. The van der Waals surface area contributed by atoms with Crippen LogP contribution in [0.5, 0.6) is 5.75 Å². The zero-order valence-electron chi connectivity index (χ0n) is 17.9. The maximum absolute atomic E-state index is 13.1. The van der Waals surface area contributed by atoms with Crippen LogP contribution in [0, 0.1) is 11.7 Å². The van der Waals surface area contributed by atoms with Crippen LogP contribution in [-0.4, -0.2) is 24.6 Å². The monoisotopic (exact) mass is 499 g/mol. The molecule has 3 aromatic rings. The molecule has 1 saturated heterocycles. The van der Waals surface area contributed by atoms with E-state index in [1.807, 2.05) is 0 Å². The first-order chi connectivity index (χ1) is 16.4. The Kier molecular flexibility index (Phi) is 7.45. The van der Waals surface area contributed by atoms with Crippen molar-refractivity contribution in [3.63, 3.8) is 0 Å². The van der Waals surface area contributed by atoms with Gasteiger partial charge in [-0.1, -0.05) is 29.3 Å². The average Bonchev–Trinajstić information content (AvgIpc) is 3.22. The van der Waals surface area contributed by atoms with Gasteiger partial charge in [-0.2, -0.15) is 5.10 Å². The Hall–Kier alpha value is -3.42. The molecule has 9 heteroatoms. The van der Waals surface area contributed by atoms with Crippen LogP contribution in [0.2, 0.25) is 10.0 Å². The molecule has 0 spiro atoms. The smallest absolute Gasteiger partial charge is 0.245 e. The van der Waals surface area contributed by atoms with Gasteiger partial charge in [-0.05, 0) is 66.2 Å². The molecule has 0 radical (unpaired) electrons. The van der Waals surface area contributed by atoms with Crippen molar-refractivity contribution in [2.24, 2.45) is 11.0 Å². The van der Waals surface area contributed by atoms with E-state index in [1.54, 1.807) is 42.5 Å². The first kappa shape index (κ1) is 23.7. The minimum Gasteiger partial charge on any atom is -0.489 e. The highest BCUT2D eigenvalue weighted by Gasteiger charge is 2.35. The van der Waals surface area contributed by atoms with Crippen LogP contribution in [0.3, 0.4) is 0 Å². The second-order valence-electron chi connectivity index (χ2n) is 7.67. The summed E-state index contributed by atoms with van der Waals surface area (Å²) in [6.07, 6.45) is 1.57. The van der Waals surface area contributed by atoms with Crippen LogP contribution >= 0.6 is 23.2 Å². The van der Waals surface area contributed by atoms with Crippen molar-refractivity contribution in [3.8, 4) is 5.75 Å². The predicted octanol–water partition coefficient (Wildman–Crippen LogP) is 5.21. The lowest BCUT2D eigenvalue weighted by atomic mass is 10.1. The summed E-state index contributed by atoms with van der Waals surface area (Å²) < 4.78 is 18.9. The highest BCUT2D eigenvalue weighted by molar-refractivity contribution is 6.35. The molecule has 3 aromatic carbocycles. The highest BCUT2D eigenvalue weighted by atomic mass is 35.5. The Labute approximate surface area is 205 Å². The molecule has 6 nitrogen and oxygen atoms in total. The maximum Gasteiger partial charge on any atom is 0.245 e. The van der Waals surface area contributed by atoms with Crippen molar-refractivity contribution in [3.05, 3.63) is 93.7 Å². The van der Waals surface area contributed by atoms with Crippen molar-refractivity contribution >= 4 is 46.9 Å². The Morgan fingerprint density at radius 2 is 1.76 bits per heavy atom. The number of hydrazone groups is 1. The Balaban J connectivity index is 1.28. The number of amides is 2. The summed E-state index contributed by atoms with van der Waals surface area (Å²) in [6, 6.07) is 18.0. The number of carbonyl (C=O) groups is 2. The summed E-state index contributed by atoms with van der Waals surface area (Å²) in [5.74, 6) is -0.844. The molecule has 174 valence electrons. The first-order valence-corrected chi connectivity index (χ1v) is 11.2. The van der Waals surface area contributed by atoms with Gasteiger partial charge in [0.25, 0.3) is 0 Å². The molecule has 0 bridgehead atoms. The number of benzene rings is 3. The van der Waals surface area contributed by atoms with Crippen molar-refractivity contribution in [1.29, 1.82) is 0 Å². The lowest BCUT2D eigenvalue weighted by Crippen LogP contribution is -2.30. The van der Waals surface area contributed by atoms with Crippen LogP contribution in [0.25, 0.3) is 0 Å². The molecule has 0 saturated carbocycles. The third kappa shape index (κ3) is 5.73. The molecule has 1 fully saturated rings. The van der Waals surface area contributed by atoms with Gasteiger partial charge in [-0.25, -0.2) is 9.82 Å². The van der Waals surface area contributed by atoms with Gasteiger partial charge in [0.1, 0.15) is 18.2 Å². The van der Waals surface area contributed by atoms with Gasteiger partial charge in [-0.3, -0.25) is 9.59 Å². The molecule has 0 aromatic heterocycles. The van der Waals surface area contributed by atoms with Gasteiger partial charge in [0.15, 0.2) is 0 Å². The van der Waals surface area contributed by atoms with Gasteiger partial charge in [-0.15, -0.1) is 0 Å². The first-order valence-electron chi connectivity index (χ1n) is 10.5. The fraction of sp³-hybridized carbons (Fsp3) is 0.160. The Bertz CT molecular complexity index is 1200. The normalized spacial score (nSPS) is 15.7. The van der Waals surface area contributed by atoms with Crippen molar-refractivity contribution in [2.45, 2.75) is 13.0 Å². The zero-order valence-corrected chi connectivity index (χ0v) is 19.4. The number of carbonyl (C=O) groups excluding carboxylic acids is 2. The minimum absolute atomic E-state index is 0.0697. The zero-order chi connectivity index (χ0) is 24.1. The van der Waals surface area contributed by atoms with Gasteiger partial charge in [0, 0.05) is 34.3 Å². The van der Waals surface area contributed by atoms with Gasteiger partial charge in [0.2, 0.25) is 11.8 Å². The fourth-order valence-corrected chi connectivity index (χ4v) is 4.00. The largest absolute Gasteiger partial charge is 0.489 e. The molecule has 1 atom stereocenters. The molecule has 1 heterocycles. The standard InChI is InChI=1S/C25H20Cl2FN3O3/c26-22-2-1-3-23(27)21(22)15-34-20-10-4-16(5-11-20)13-29-30-25(33)17-12-24(32)31(14-17)19-8-6-18(28)7-9-19/h1-11,13,17H,12,14-15H2,(H,30,33)/b29-13-/t17-/m1/s1. The van der Waals surface area contributed by atoms with Crippen molar-refractivity contribution in [1.82, 2.24) is 5.43 Å². The fourth-order valence-electron chi connectivity index (χ4n) is 3.49. The topological polar surface area (TPSA) is 71.0 Å². The molecule has 34 heavy (non-hydrogen) atoms. The van der Waals surface area contributed by atoms with E-state index in [1.165, 1.54) is 35.4 Å². The molecule has 1 aliphatic rings. The SMILES string of the molecule is O=C(N/N=C\c1ccc(OCc2c(Cl)cccc2Cl)cc1)[C@@H]1CC(=O)N(c2ccc(F)cc2)C1. The summed E-state index contributed by atoms with van der Waals surface area (Å²) >= 11 is 12.3. The number of hydrogen-bond donors (Lipinski definition) is 1. The van der Waals surface area contributed by atoms with E-state index >= 15 is 0 Å². The number of nitrogens with one attached hydrogen (secondary N) is 1. The third-order valence-corrected chi connectivity index (χ3v) is 6.06. The number of nitrogens with zero attached hydrogens (tertiary/aromatic N) is 2. The number of rotatable bonds is 7. The van der Waals surface area contributed by atoms with E-state index in [9.17, 15) is 14.0 Å². The molecule has 2 amide bonds. The lowest BCUT2D eigenvalue weighted by molar-refractivity contribution is -0.126. The van der Waals surface area contributed by atoms with E-state index in [0.717, 1.165) is 5.56 Å². The Morgan fingerprint density at radius 1 is 1.09 bits per heavy atom. The quantitative estimate of drug-likeness (QED) is 0.358. The highest BCUT2D eigenvalue weighted by Crippen LogP contribution is 2.27. The number of ether oxygens (including phenoxy) is 1. The summed E-state index contributed by atoms with van der Waals surface area (Å²) in [6.45, 7) is 0.449. The summed E-state index contributed by atoms with van der Waals surface area (Å²) in [4.78, 5) is 26.2. The third-order valence-electron chi connectivity index (χ3n) is 5.35. The molecule has 0 unspecified atom stereocenters. The van der Waals surface area contributed by atoms with Crippen LogP contribution < -0.4 is 15.1 Å². The Morgan fingerprint density at radius 3 is 2.44 bits per heavy atom. The molecule has 0 aliphatic carbocycles. The summed E-state index contributed by atoms with van der Waals surface area (Å²) in [7, 11) is 0. The molecule has 4 rings (SSSR count). The second-order valence-corrected chi connectivity index (χ2v) is 8.49. The van der Waals surface area contributed by atoms with Crippen LogP contribution in [-0.2, 0) is 16.2 Å².